The Morgan fingerprint density at radius 1 is 0.826 bits per heavy atom. The number of rotatable bonds is 13. The summed E-state index contributed by atoms with van der Waals surface area (Å²) in [6.07, 6.45) is 0.847. The zero-order valence-corrected chi connectivity index (χ0v) is 28.9. The number of nitrogens with one attached hydrogen (secondary N) is 1. The number of nitrogens with zero attached hydrogens (tertiary/aromatic N) is 2. The molecule has 242 valence electrons. The van der Waals surface area contributed by atoms with E-state index in [9.17, 15) is 18.0 Å². The molecule has 0 fully saturated rings. The van der Waals surface area contributed by atoms with E-state index in [1.807, 2.05) is 51.1 Å². The summed E-state index contributed by atoms with van der Waals surface area (Å²) < 4.78 is 29.3. The average molecular weight is 701 g/mol. The lowest BCUT2D eigenvalue weighted by molar-refractivity contribution is -0.140. The van der Waals surface area contributed by atoms with Crippen molar-refractivity contribution >= 4 is 62.3 Å². The smallest absolute Gasteiger partial charge is 0.264 e. The first-order valence-electron chi connectivity index (χ1n) is 14.8. The molecule has 7 nitrogen and oxygen atoms in total. The van der Waals surface area contributed by atoms with Gasteiger partial charge in [0, 0.05) is 39.6 Å². The van der Waals surface area contributed by atoms with Gasteiger partial charge in [0.25, 0.3) is 10.0 Å². The quantitative estimate of drug-likeness (QED) is 0.155. The minimum absolute atomic E-state index is 0.0404. The Morgan fingerprint density at radius 2 is 1.43 bits per heavy atom. The van der Waals surface area contributed by atoms with E-state index in [-0.39, 0.29) is 35.5 Å². The predicted molar refractivity (Wildman–Crippen MR) is 186 cm³/mol. The lowest BCUT2D eigenvalue weighted by Crippen LogP contribution is -2.54. The van der Waals surface area contributed by atoms with Crippen molar-refractivity contribution in [3.63, 3.8) is 0 Å². The standard InChI is InChI=1S/C35H36Cl3N3O4S/c1-4-25(3)39-35(43)33(21-26-9-6-5-7-10-26)40(22-30-31(37)11-8-12-32(30)38)34(42)23-41(28-17-13-24(2)14-18-28)46(44,45)29-19-15-27(36)16-20-29/h5-20,25,33H,4,21-23H2,1-3H3,(H,39,43)/t25-,33+/m1/s1. The molecule has 0 bridgehead atoms. The molecule has 4 rings (SSSR count). The molecule has 0 unspecified atom stereocenters. The van der Waals surface area contributed by atoms with Crippen molar-refractivity contribution in [3.8, 4) is 0 Å². The number of amides is 2. The second-order valence-electron chi connectivity index (χ2n) is 11.0. The number of aryl methyl sites for hydroxylation is 1. The van der Waals surface area contributed by atoms with Crippen LogP contribution in [-0.4, -0.2) is 43.8 Å². The minimum Gasteiger partial charge on any atom is -0.352 e. The summed E-state index contributed by atoms with van der Waals surface area (Å²) in [5, 5.41) is 4.01. The molecule has 11 heteroatoms. The van der Waals surface area contributed by atoms with E-state index in [0.717, 1.165) is 15.4 Å². The first-order chi connectivity index (χ1) is 21.9. The molecule has 0 spiro atoms. The summed E-state index contributed by atoms with van der Waals surface area (Å²) in [5.74, 6) is -0.994. The topological polar surface area (TPSA) is 86.8 Å². The first-order valence-corrected chi connectivity index (χ1v) is 17.4. The van der Waals surface area contributed by atoms with Crippen molar-refractivity contribution in [3.05, 3.63) is 129 Å². The third-order valence-electron chi connectivity index (χ3n) is 7.66. The molecule has 0 radical (unpaired) electrons. The maximum Gasteiger partial charge on any atom is 0.264 e. The minimum atomic E-state index is -4.25. The molecular weight excluding hydrogens is 665 g/mol. The summed E-state index contributed by atoms with van der Waals surface area (Å²) in [4.78, 5) is 29.9. The molecule has 1 N–H and O–H groups in total. The van der Waals surface area contributed by atoms with Crippen molar-refractivity contribution in [2.24, 2.45) is 0 Å². The van der Waals surface area contributed by atoms with Crippen LogP contribution in [0.4, 0.5) is 5.69 Å². The van der Waals surface area contributed by atoms with Gasteiger partial charge in [-0.25, -0.2) is 8.42 Å². The second-order valence-corrected chi connectivity index (χ2v) is 14.2. The molecule has 0 aliphatic carbocycles. The molecular formula is C35H36Cl3N3O4S. The number of anilines is 1. The van der Waals surface area contributed by atoms with Crippen molar-refractivity contribution in [2.75, 3.05) is 10.8 Å². The zero-order valence-electron chi connectivity index (χ0n) is 25.8. The van der Waals surface area contributed by atoms with E-state index in [1.54, 1.807) is 42.5 Å². The van der Waals surface area contributed by atoms with Gasteiger partial charge in [-0.05, 0) is 74.4 Å². The van der Waals surface area contributed by atoms with Gasteiger partial charge in [0.05, 0.1) is 10.6 Å². The van der Waals surface area contributed by atoms with Crippen LogP contribution in [0.3, 0.4) is 0 Å². The number of hydrogen-bond acceptors (Lipinski definition) is 4. The van der Waals surface area contributed by atoms with Gasteiger partial charge in [-0.3, -0.25) is 13.9 Å². The average Bonchev–Trinajstić information content (AvgIpc) is 3.03. The van der Waals surface area contributed by atoms with Gasteiger partial charge in [0.2, 0.25) is 11.8 Å². The Bertz CT molecular complexity index is 1730. The normalized spacial score (nSPS) is 12.7. The molecule has 4 aromatic rings. The predicted octanol–water partition coefficient (Wildman–Crippen LogP) is 7.71. The molecule has 2 amide bonds. The van der Waals surface area contributed by atoms with Gasteiger partial charge in [-0.1, -0.05) is 95.8 Å². The molecule has 0 saturated heterocycles. The van der Waals surface area contributed by atoms with Crippen LogP contribution in [-0.2, 0) is 32.6 Å². The van der Waals surface area contributed by atoms with Gasteiger partial charge < -0.3 is 10.2 Å². The third kappa shape index (κ3) is 8.82. The Morgan fingerprint density at radius 3 is 2.02 bits per heavy atom. The van der Waals surface area contributed by atoms with E-state index < -0.39 is 28.5 Å². The number of carbonyl (C=O) groups excluding carboxylic acids is 2. The monoisotopic (exact) mass is 699 g/mol. The van der Waals surface area contributed by atoms with Crippen LogP contribution in [0.1, 0.15) is 37.0 Å². The molecule has 0 saturated carbocycles. The molecule has 2 atom stereocenters. The summed E-state index contributed by atoms with van der Waals surface area (Å²) in [6.45, 7) is 4.98. The Labute approximate surface area is 286 Å². The number of halogens is 3. The van der Waals surface area contributed by atoms with Crippen LogP contribution in [0.5, 0.6) is 0 Å². The van der Waals surface area contributed by atoms with E-state index in [0.29, 0.717) is 27.1 Å². The highest BCUT2D eigenvalue weighted by molar-refractivity contribution is 7.92. The number of benzene rings is 4. The summed E-state index contributed by atoms with van der Waals surface area (Å²) in [5.41, 5.74) is 2.46. The van der Waals surface area contributed by atoms with Crippen LogP contribution in [0.25, 0.3) is 0 Å². The summed E-state index contributed by atoms with van der Waals surface area (Å²) >= 11 is 19.2. The van der Waals surface area contributed by atoms with Crippen molar-refractivity contribution in [2.45, 2.75) is 57.1 Å². The van der Waals surface area contributed by atoms with Gasteiger partial charge in [0.1, 0.15) is 12.6 Å². The van der Waals surface area contributed by atoms with E-state index in [2.05, 4.69) is 5.32 Å². The fourth-order valence-electron chi connectivity index (χ4n) is 4.82. The summed E-state index contributed by atoms with van der Waals surface area (Å²) in [6, 6.07) is 25.7. The maximum atomic E-state index is 14.6. The molecule has 46 heavy (non-hydrogen) atoms. The summed E-state index contributed by atoms with van der Waals surface area (Å²) in [7, 11) is -4.25. The van der Waals surface area contributed by atoms with Crippen LogP contribution >= 0.6 is 34.8 Å². The first kappa shape index (κ1) is 35.3. The van der Waals surface area contributed by atoms with Crippen LogP contribution in [0, 0.1) is 6.92 Å². The van der Waals surface area contributed by atoms with Crippen molar-refractivity contribution < 1.29 is 18.0 Å². The van der Waals surface area contributed by atoms with Crippen LogP contribution in [0.15, 0.2) is 102 Å². The van der Waals surface area contributed by atoms with E-state index >= 15 is 0 Å². The largest absolute Gasteiger partial charge is 0.352 e. The second kappa shape index (κ2) is 15.8. The zero-order chi connectivity index (χ0) is 33.4. The van der Waals surface area contributed by atoms with Gasteiger partial charge >= 0.3 is 0 Å². The molecule has 0 aliphatic rings. The highest BCUT2D eigenvalue weighted by Gasteiger charge is 2.35. The van der Waals surface area contributed by atoms with E-state index in [4.69, 9.17) is 34.8 Å². The highest BCUT2D eigenvalue weighted by atomic mass is 35.5. The van der Waals surface area contributed by atoms with Crippen molar-refractivity contribution in [1.29, 1.82) is 0 Å². The molecule has 4 aromatic carbocycles. The molecule has 0 aliphatic heterocycles. The number of carbonyl (C=O) groups is 2. The lowest BCUT2D eigenvalue weighted by atomic mass is 10.0. The van der Waals surface area contributed by atoms with Gasteiger partial charge in [0.15, 0.2) is 0 Å². The fraction of sp³-hybridized carbons (Fsp3) is 0.257. The molecule has 0 aromatic heterocycles. The van der Waals surface area contributed by atoms with Gasteiger partial charge in [-0.15, -0.1) is 0 Å². The van der Waals surface area contributed by atoms with Gasteiger partial charge in [-0.2, -0.15) is 0 Å². The maximum absolute atomic E-state index is 14.6. The Balaban J connectivity index is 1.84. The fourth-order valence-corrected chi connectivity index (χ4v) is 6.88. The van der Waals surface area contributed by atoms with E-state index in [1.165, 1.54) is 29.2 Å². The lowest BCUT2D eigenvalue weighted by Gasteiger charge is -2.34. The number of hydrogen-bond donors (Lipinski definition) is 1. The molecule has 0 heterocycles. The SMILES string of the molecule is CC[C@@H](C)NC(=O)[C@H](Cc1ccccc1)N(Cc1c(Cl)cccc1Cl)C(=O)CN(c1ccc(C)cc1)S(=O)(=O)c1ccc(Cl)cc1. The van der Waals surface area contributed by atoms with Crippen LogP contribution in [0.2, 0.25) is 15.1 Å². The highest BCUT2D eigenvalue weighted by Crippen LogP contribution is 2.29. The third-order valence-corrected chi connectivity index (χ3v) is 10.4. The number of sulfonamides is 1. The Hall–Kier alpha value is -3.56. The van der Waals surface area contributed by atoms with Crippen molar-refractivity contribution in [1.82, 2.24) is 10.2 Å². The van der Waals surface area contributed by atoms with Crippen LogP contribution < -0.4 is 9.62 Å². The Kier molecular flexibility index (Phi) is 12.1.